The number of rotatable bonds is 7. The highest BCUT2D eigenvalue weighted by Crippen LogP contribution is 2.16. The van der Waals surface area contributed by atoms with Crippen molar-refractivity contribution in [3.8, 4) is 0 Å². The molecule has 3 N–H and O–H groups in total. The molecule has 0 radical (unpaired) electrons. The smallest absolute Gasteiger partial charge is 0.228 e. The maximum atomic E-state index is 11.7. The molecule has 112 valence electrons. The molecule has 1 aromatic rings. The zero-order valence-corrected chi connectivity index (χ0v) is 13.0. The molecule has 0 saturated heterocycles. The number of carbonyl (C=O) groups is 1. The number of hydrogen-bond donors (Lipinski definition) is 3. The highest BCUT2D eigenvalue weighted by molar-refractivity contribution is 6.28. The van der Waals surface area contributed by atoms with Gasteiger partial charge in [-0.2, -0.15) is 15.0 Å². The first-order valence-corrected chi connectivity index (χ1v) is 6.88. The van der Waals surface area contributed by atoms with Gasteiger partial charge in [-0.05, 0) is 31.9 Å². The number of nitrogens with zero attached hydrogens (tertiary/aromatic N) is 3. The van der Waals surface area contributed by atoms with Crippen LogP contribution < -0.4 is 16.0 Å². The van der Waals surface area contributed by atoms with E-state index in [1.807, 2.05) is 20.8 Å². The van der Waals surface area contributed by atoms with Gasteiger partial charge in [0.15, 0.2) is 0 Å². The van der Waals surface area contributed by atoms with Crippen molar-refractivity contribution in [3.05, 3.63) is 5.28 Å². The van der Waals surface area contributed by atoms with Gasteiger partial charge in [0.25, 0.3) is 0 Å². The molecule has 0 fully saturated rings. The Balaban J connectivity index is 2.72. The summed E-state index contributed by atoms with van der Waals surface area (Å²) in [4.78, 5) is 23.9. The highest BCUT2D eigenvalue weighted by Gasteiger charge is 2.26. The molecule has 1 aromatic heterocycles. The normalized spacial score (nSPS) is 11.1. The van der Waals surface area contributed by atoms with Crippen molar-refractivity contribution >= 4 is 29.4 Å². The van der Waals surface area contributed by atoms with Crippen molar-refractivity contribution in [3.63, 3.8) is 0 Å². The van der Waals surface area contributed by atoms with Crippen LogP contribution in [0.25, 0.3) is 0 Å². The van der Waals surface area contributed by atoms with Crippen LogP contribution in [0.4, 0.5) is 11.9 Å². The fourth-order valence-electron chi connectivity index (χ4n) is 1.46. The summed E-state index contributed by atoms with van der Waals surface area (Å²) in [5, 5.41) is 8.78. The molecule has 0 aliphatic rings. The second-order valence-electron chi connectivity index (χ2n) is 4.99. The van der Waals surface area contributed by atoms with Gasteiger partial charge in [-0.3, -0.25) is 4.79 Å². The SMILES string of the molecule is CCCNc1nc(Cl)nc(NCC(C)(C)C(=O)NC)n1. The van der Waals surface area contributed by atoms with Gasteiger partial charge in [0, 0.05) is 20.1 Å². The molecule has 1 amide bonds. The molecule has 0 unspecified atom stereocenters. The lowest BCUT2D eigenvalue weighted by Crippen LogP contribution is -2.39. The third kappa shape index (κ3) is 4.80. The van der Waals surface area contributed by atoms with E-state index in [9.17, 15) is 4.79 Å². The molecule has 0 atom stereocenters. The first kappa shape index (κ1) is 16.4. The zero-order chi connectivity index (χ0) is 15.2. The van der Waals surface area contributed by atoms with Crippen LogP contribution in [-0.4, -0.2) is 41.0 Å². The van der Waals surface area contributed by atoms with E-state index >= 15 is 0 Å². The van der Waals surface area contributed by atoms with E-state index in [-0.39, 0.29) is 11.2 Å². The lowest BCUT2D eigenvalue weighted by atomic mass is 9.92. The van der Waals surface area contributed by atoms with E-state index in [1.165, 1.54) is 0 Å². The molecule has 7 nitrogen and oxygen atoms in total. The molecule has 8 heteroatoms. The number of hydrogen-bond acceptors (Lipinski definition) is 6. The Hall–Kier alpha value is -1.63. The van der Waals surface area contributed by atoms with Crippen molar-refractivity contribution in [2.24, 2.45) is 5.41 Å². The van der Waals surface area contributed by atoms with Crippen molar-refractivity contribution in [2.45, 2.75) is 27.2 Å². The van der Waals surface area contributed by atoms with Crippen molar-refractivity contribution < 1.29 is 4.79 Å². The summed E-state index contributed by atoms with van der Waals surface area (Å²) in [5.41, 5.74) is -0.579. The van der Waals surface area contributed by atoms with E-state index in [0.717, 1.165) is 13.0 Å². The van der Waals surface area contributed by atoms with Crippen LogP contribution in [-0.2, 0) is 4.79 Å². The third-order valence-electron chi connectivity index (χ3n) is 2.67. The lowest BCUT2D eigenvalue weighted by molar-refractivity contribution is -0.128. The Morgan fingerprint density at radius 3 is 2.35 bits per heavy atom. The largest absolute Gasteiger partial charge is 0.359 e. The minimum atomic E-state index is -0.579. The van der Waals surface area contributed by atoms with Crippen LogP contribution in [0.15, 0.2) is 0 Å². The van der Waals surface area contributed by atoms with Crippen molar-refractivity contribution in [2.75, 3.05) is 30.8 Å². The van der Waals surface area contributed by atoms with Crippen molar-refractivity contribution in [1.82, 2.24) is 20.3 Å². The number of anilines is 2. The predicted molar refractivity (Wildman–Crippen MR) is 80.0 cm³/mol. The summed E-state index contributed by atoms with van der Waals surface area (Å²) < 4.78 is 0. The van der Waals surface area contributed by atoms with Crippen LogP contribution in [0.2, 0.25) is 5.28 Å². The third-order valence-corrected chi connectivity index (χ3v) is 2.84. The molecular formula is C12H21ClN6O. The van der Waals surface area contributed by atoms with Gasteiger partial charge in [-0.25, -0.2) is 0 Å². The lowest BCUT2D eigenvalue weighted by Gasteiger charge is -2.22. The van der Waals surface area contributed by atoms with Gasteiger partial charge in [0.1, 0.15) is 0 Å². The minimum absolute atomic E-state index is 0.0607. The zero-order valence-electron chi connectivity index (χ0n) is 12.2. The highest BCUT2D eigenvalue weighted by atomic mass is 35.5. The van der Waals surface area contributed by atoms with Crippen LogP contribution in [0.5, 0.6) is 0 Å². The molecule has 0 aliphatic heterocycles. The first-order valence-electron chi connectivity index (χ1n) is 6.50. The second kappa shape index (κ2) is 7.23. The standard InChI is InChI=1S/C12H21ClN6O/c1-5-6-15-10-17-9(13)18-11(19-10)16-7-12(2,3)8(20)14-4/h5-7H2,1-4H3,(H,14,20)(H2,15,16,17,18,19). The number of aromatic nitrogens is 3. The average Bonchev–Trinajstić information content (AvgIpc) is 2.41. The molecule has 0 bridgehead atoms. The Bertz CT molecular complexity index is 465. The van der Waals surface area contributed by atoms with Crippen LogP contribution in [0, 0.1) is 5.41 Å². The summed E-state index contributed by atoms with van der Waals surface area (Å²) in [5.74, 6) is 0.710. The Kier molecular flexibility index (Phi) is 5.94. The van der Waals surface area contributed by atoms with Gasteiger partial charge in [0.2, 0.25) is 23.1 Å². The second-order valence-corrected chi connectivity index (χ2v) is 5.33. The topological polar surface area (TPSA) is 91.8 Å². The van der Waals surface area contributed by atoms with Gasteiger partial charge in [-0.15, -0.1) is 0 Å². The monoisotopic (exact) mass is 300 g/mol. The summed E-state index contributed by atoms with van der Waals surface area (Å²) in [6.07, 6.45) is 0.954. The fraction of sp³-hybridized carbons (Fsp3) is 0.667. The maximum absolute atomic E-state index is 11.7. The number of amides is 1. The number of halogens is 1. The molecule has 1 heterocycles. The molecule has 0 spiro atoms. The first-order chi connectivity index (χ1) is 9.39. The van der Waals surface area contributed by atoms with E-state index in [2.05, 4.69) is 30.9 Å². The maximum Gasteiger partial charge on any atom is 0.228 e. The van der Waals surface area contributed by atoms with E-state index in [0.29, 0.717) is 18.4 Å². The Labute approximate surface area is 123 Å². The van der Waals surface area contributed by atoms with E-state index in [1.54, 1.807) is 7.05 Å². The van der Waals surface area contributed by atoms with E-state index in [4.69, 9.17) is 11.6 Å². The summed E-state index contributed by atoms with van der Waals surface area (Å²) >= 11 is 5.85. The van der Waals surface area contributed by atoms with Crippen LogP contribution >= 0.6 is 11.6 Å². The molecule has 0 saturated carbocycles. The van der Waals surface area contributed by atoms with Crippen LogP contribution in [0.3, 0.4) is 0 Å². The minimum Gasteiger partial charge on any atom is -0.359 e. The molecular weight excluding hydrogens is 280 g/mol. The van der Waals surface area contributed by atoms with Gasteiger partial charge in [0.05, 0.1) is 5.41 Å². The number of carbonyl (C=O) groups excluding carboxylic acids is 1. The predicted octanol–water partition coefficient (Wildman–Crippen LogP) is 1.53. The van der Waals surface area contributed by atoms with Gasteiger partial charge >= 0.3 is 0 Å². The van der Waals surface area contributed by atoms with Crippen LogP contribution in [0.1, 0.15) is 27.2 Å². The Morgan fingerprint density at radius 2 is 1.80 bits per heavy atom. The average molecular weight is 301 g/mol. The molecule has 0 aromatic carbocycles. The molecule has 1 rings (SSSR count). The van der Waals surface area contributed by atoms with Gasteiger partial charge < -0.3 is 16.0 Å². The fourth-order valence-corrected chi connectivity index (χ4v) is 1.62. The molecule has 20 heavy (non-hydrogen) atoms. The number of nitrogens with one attached hydrogen (secondary N) is 3. The van der Waals surface area contributed by atoms with Gasteiger partial charge in [-0.1, -0.05) is 6.92 Å². The van der Waals surface area contributed by atoms with E-state index < -0.39 is 5.41 Å². The van der Waals surface area contributed by atoms with Crippen molar-refractivity contribution in [1.29, 1.82) is 0 Å². The summed E-state index contributed by atoms with van der Waals surface area (Å²) in [6, 6.07) is 0. The molecule has 0 aliphatic carbocycles. The quantitative estimate of drug-likeness (QED) is 0.707. The Morgan fingerprint density at radius 1 is 1.20 bits per heavy atom. The summed E-state index contributed by atoms with van der Waals surface area (Å²) in [7, 11) is 1.61. The summed E-state index contributed by atoms with van der Waals surface area (Å²) in [6.45, 7) is 6.85.